The average molecular weight is 259 g/mol. The van der Waals surface area contributed by atoms with Crippen molar-refractivity contribution in [2.45, 2.75) is 33.1 Å². The summed E-state index contributed by atoms with van der Waals surface area (Å²) < 4.78 is 5.56. The van der Waals surface area contributed by atoms with Gasteiger partial charge in [-0.1, -0.05) is 19.0 Å². The normalized spacial score (nSPS) is 13.7. The van der Waals surface area contributed by atoms with Crippen LogP contribution in [0, 0.1) is 0 Å². The van der Waals surface area contributed by atoms with E-state index in [4.69, 9.17) is 21.4 Å². The molecule has 1 aromatic heterocycles. The molecule has 0 unspecified atom stereocenters. The van der Waals surface area contributed by atoms with Gasteiger partial charge in [0.1, 0.15) is 17.2 Å². The zero-order valence-electron chi connectivity index (χ0n) is 9.19. The van der Waals surface area contributed by atoms with Crippen LogP contribution in [0.4, 0.5) is 0 Å². The molecule has 0 amide bonds. The summed E-state index contributed by atoms with van der Waals surface area (Å²) in [6.07, 6.45) is 8.03. The lowest BCUT2D eigenvalue weighted by Gasteiger charge is -2.12. The Hall–Kier alpha value is -1.13. The third-order valence-electron chi connectivity index (χ3n) is 2.09. The van der Waals surface area contributed by atoms with Gasteiger partial charge in [-0.25, -0.2) is 9.97 Å². The first kappa shape index (κ1) is 15.9. The van der Waals surface area contributed by atoms with Crippen molar-refractivity contribution in [3.05, 3.63) is 29.4 Å². The lowest BCUT2D eigenvalue weighted by molar-refractivity contribution is 0.370. The van der Waals surface area contributed by atoms with E-state index >= 15 is 0 Å². The Morgan fingerprint density at radius 2 is 2.06 bits per heavy atom. The van der Waals surface area contributed by atoms with E-state index in [0.717, 1.165) is 25.7 Å². The van der Waals surface area contributed by atoms with Crippen molar-refractivity contribution in [2.24, 2.45) is 0 Å². The highest BCUT2D eigenvalue weighted by molar-refractivity contribution is 6.29. The Bertz CT molecular complexity index is 356. The van der Waals surface area contributed by atoms with Crippen LogP contribution in [0.3, 0.4) is 0 Å². The predicted molar refractivity (Wildman–Crippen MR) is 69.1 cm³/mol. The van der Waals surface area contributed by atoms with Crippen molar-refractivity contribution in [3.8, 4) is 5.88 Å². The summed E-state index contributed by atoms with van der Waals surface area (Å²) in [5, 5.41) is 7.41. The number of halogens is 1. The van der Waals surface area contributed by atoms with Crippen LogP contribution in [0.25, 0.3) is 0 Å². The molecule has 0 atom stereocenters. The molecule has 0 bridgehead atoms. The molecule has 0 aliphatic heterocycles. The highest BCUT2D eigenvalue weighted by Gasteiger charge is 2.06. The summed E-state index contributed by atoms with van der Waals surface area (Å²) in [5.41, 5.74) is 0. The molecular weight excluding hydrogens is 240 g/mol. The molecule has 4 nitrogen and oxygen atoms in total. The average Bonchev–Trinajstić information content (AvgIpc) is 2.33. The number of rotatable bonds is 2. The predicted octanol–water partition coefficient (Wildman–Crippen LogP) is 3.21. The molecule has 0 saturated heterocycles. The summed E-state index contributed by atoms with van der Waals surface area (Å²) in [6.45, 7) is 0. The number of ether oxygens (including phenoxy) is 1. The van der Waals surface area contributed by atoms with Crippen LogP contribution in [0.1, 0.15) is 33.1 Å². The molecule has 1 heterocycles. The van der Waals surface area contributed by atoms with E-state index in [1.807, 2.05) is 0 Å². The zero-order valence-corrected chi connectivity index (χ0v) is 9.94. The summed E-state index contributed by atoms with van der Waals surface area (Å²) in [5.74, 6) is 1.52. The van der Waals surface area contributed by atoms with Crippen molar-refractivity contribution >= 4 is 11.6 Å². The topological polar surface area (TPSA) is 55.2 Å². The first-order valence-corrected chi connectivity index (χ1v) is 5.51. The van der Waals surface area contributed by atoms with Crippen molar-refractivity contribution in [1.29, 1.82) is 0 Å². The van der Waals surface area contributed by atoms with E-state index in [1.54, 1.807) is 6.07 Å². The molecule has 0 saturated carbocycles. The summed E-state index contributed by atoms with van der Waals surface area (Å²) in [4.78, 5) is 7.76. The maximum Gasteiger partial charge on any atom is 0.223 e. The van der Waals surface area contributed by atoms with Crippen molar-refractivity contribution in [2.75, 3.05) is 7.11 Å². The number of aromatic nitrogens is 2. The van der Waals surface area contributed by atoms with Crippen LogP contribution >= 0.6 is 11.6 Å². The van der Waals surface area contributed by atoms with E-state index in [-0.39, 0.29) is 7.43 Å². The van der Waals surface area contributed by atoms with Crippen molar-refractivity contribution in [3.63, 3.8) is 0 Å². The molecule has 0 spiro atoms. The van der Waals surface area contributed by atoms with Gasteiger partial charge in [-0.05, 0) is 25.3 Å². The van der Waals surface area contributed by atoms with Crippen molar-refractivity contribution < 1.29 is 9.84 Å². The monoisotopic (exact) mass is 258 g/mol. The van der Waals surface area contributed by atoms with Gasteiger partial charge < -0.3 is 9.84 Å². The molecule has 1 N–H and O–H groups in total. The largest absolute Gasteiger partial charge is 0.444 e. The van der Waals surface area contributed by atoms with Gasteiger partial charge in [0.25, 0.3) is 0 Å². The third kappa shape index (κ3) is 5.65. The van der Waals surface area contributed by atoms with Crippen LogP contribution in [-0.2, 0) is 0 Å². The lowest BCUT2D eigenvalue weighted by Crippen LogP contribution is -2.01. The molecule has 96 valence electrons. The first-order valence-electron chi connectivity index (χ1n) is 5.14. The molecule has 1 aliphatic rings. The Labute approximate surface area is 107 Å². The SMILES string of the molecule is C.CO.Clc1cc(OC2=CCCCC2)ncn1. The fourth-order valence-corrected chi connectivity index (χ4v) is 1.55. The quantitative estimate of drug-likeness (QED) is 0.828. The highest BCUT2D eigenvalue weighted by atomic mass is 35.5. The number of aliphatic hydroxyl groups is 1. The maximum absolute atomic E-state index is 7.00. The number of hydrogen-bond donors (Lipinski definition) is 1. The maximum atomic E-state index is 7.00. The molecule has 1 aromatic rings. The second-order valence-corrected chi connectivity index (χ2v) is 3.58. The van der Waals surface area contributed by atoms with Crippen LogP contribution in [0.15, 0.2) is 24.2 Å². The molecular formula is C12H19ClN2O2. The van der Waals surface area contributed by atoms with Crippen LogP contribution in [-0.4, -0.2) is 22.2 Å². The minimum Gasteiger partial charge on any atom is -0.444 e. The molecule has 5 heteroatoms. The van der Waals surface area contributed by atoms with Gasteiger partial charge in [-0.3, -0.25) is 0 Å². The van der Waals surface area contributed by atoms with E-state index in [9.17, 15) is 0 Å². The minimum atomic E-state index is 0. The van der Waals surface area contributed by atoms with Crippen molar-refractivity contribution in [1.82, 2.24) is 9.97 Å². The van der Waals surface area contributed by atoms with E-state index in [1.165, 1.54) is 19.2 Å². The van der Waals surface area contributed by atoms with E-state index in [2.05, 4.69) is 16.0 Å². The fraction of sp³-hybridized carbons (Fsp3) is 0.500. The van der Waals surface area contributed by atoms with Gasteiger partial charge in [0.05, 0.1) is 0 Å². The first-order chi connectivity index (χ1) is 7.84. The zero-order chi connectivity index (χ0) is 11.8. The van der Waals surface area contributed by atoms with Gasteiger partial charge >= 0.3 is 0 Å². The summed E-state index contributed by atoms with van der Waals surface area (Å²) in [7, 11) is 1.00. The van der Waals surface area contributed by atoms with Gasteiger partial charge in [-0.15, -0.1) is 0 Å². The standard InChI is InChI=1S/C10H11ClN2O.CH4O.CH4/c11-9-6-10(13-7-12-9)14-8-4-2-1-3-5-8;1-2;/h4,6-7H,1-3,5H2;2H,1H3;1H4. The highest BCUT2D eigenvalue weighted by Crippen LogP contribution is 2.21. The molecule has 2 rings (SSSR count). The minimum absolute atomic E-state index is 0. The number of hydrogen-bond acceptors (Lipinski definition) is 4. The van der Waals surface area contributed by atoms with Gasteiger partial charge in [0.15, 0.2) is 0 Å². The Balaban J connectivity index is 0.000000811. The van der Waals surface area contributed by atoms with Crippen LogP contribution in [0.5, 0.6) is 5.88 Å². The molecule has 0 fully saturated rings. The van der Waals surface area contributed by atoms with Crippen LogP contribution in [0.2, 0.25) is 5.15 Å². The number of allylic oxidation sites excluding steroid dienone is 2. The number of nitrogens with zero attached hydrogens (tertiary/aromatic N) is 2. The fourth-order valence-electron chi connectivity index (χ4n) is 1.41. The van der Waals surface area contributed by atoms with Gasteiger partial charge in [0.2, 0.25) is 5.88 Å². The second-order valence-electron chi connectivity index (χ2n) is 3.20. The van der Waals surface area contributed by atoms with Gasteiger partial charge in [-0.2, -0.15) is 0 Å². The summed E-state index contributed by atoms with van der Waals surface area (Å²) in [6, 6.07) is 1.62. The molecule has 1 aliphatic carbocycles. The van der Waals surface area contributed by atoms with E-state index in [0.29, 0.717) is 11.0 Å². The summed E-state index contributed by atoms with van der Waals surface area (Å²) >= 11 is 5.71. The molecule has 0 radical (unpaired) electrons. The van der Waals surface area contributed by atoms with Crippen LogP contribution < -0.4 is 4.74 Å². The Morgan fingerprint density at radius 3 is 2.65 bits per heavy atom. The lowest BCUT2D eigenvalue weighted by atomic mass is 10.1. The van der Waals surface area contributed by atoms with E-state index < -0.39 is 0 Å². The second kappa shape index (κ2) is 8.96. The third-order valence-corrected chi connectivity index (χ3v) is 2.30. The number of aliphatic hydroxyl groups excluding tert-OH is 1. The smallest absolute Gasteiger partial charge is 0.223 e. The van der Waals surface area contributed by atoms with Gasteiger partial charge in [0, 0.05) is 19.6 Å². The molecule has 17 heavy (non-hydrogen) atoms. The molecule has 0 aromatic carbocycles. The Morgan fingerprint density at radius 1 is 1.29 bits per heavy atom. The Kier molecular flexibility index (Phi) is 8.36.